The summed E-state index contributed by atoms with van der Waals surface area (Å²) in [6.07, 6.45) is 1.61. The van der Waals surface area contributed by atoms with Gasteiger partial charge < -0.3 is 4.74 Å². The van der Waals surface area contributed by atoms with E-state index in [0.717, 1.165) is 18.9 Å². The van der Waals surface area contributed by atoms with Crippen molar-refractivity contribution in [1.82, 2.24) is 14.5 Å². The third-order valence-corrected chi connectivity index (χ3v) is 5.65. The maximum absolute atomic E-state index is 14.1. The van der Waals surface area contributed by atoms with Gasteiger partial charge in [-0.3, -0.25) is 14.8 Å². The van der Waals surface area contributed by atoms with Gasteiger partial charge in [0.1, 0.15) is 0 Å². The molecule has 2 aromatic rings. The van der Waals surface area contributed by atoms with Crippen LogP contribution in [-0.4, -0.2) is 36.8 Å². The predicted octanol–water partition coefficient (Wildman–Crippen LogP) is 2.19. The van der Waals surface area contributed by atoms with E-state index in [9.17, 15) is 22.9 Å². The van der Waals surface area contributed by atoms with Crippen LogP contribution in [0.25, 0.3) is 0 Å². The number of hydrogen-bond donors (Lipinski definition) is 1. The van der Waals surface area contributed by atoms with Crippen LogP contribution < -0.4 is 9.46 Å². The highest BCUT2D eigenvalue weighted by atomic mass is 32.2. The first-order valence-electron chi connectivity index (χ1n) is 8.08. The number of nitrogens with zero attached hydrogens (tertiary/aromatic N) is 3. The average Bonchev–Trinajstić information content (AvgIpc) is 2.99. The Hall–Kier alpha value is -2.53. The number of nitrogens with one attached hydrogen (secondary N) is 1. The first-order valence-corrected chi connectivity index (χ1v) is 9.56. The molecule has 0 saturated heterocycles. The average molecular weight is 400 g/mol. The van der Waals surface area contributed by atoms with Crippen LogP contribution in [0.15, 0.2) is 29.3 Å². The minimum Gasteiger partial charge on any atom is -0.488 e. The predicted molar refractivity (Wildman–Crippen MR) is 95.6 cm³/mol. The molecule has 1 aromatic carbocycles. The lowest BCUT2D eigenvalue weighted by molar-refractivity contribution is -0.386. The Bertz CT molecular complexity index is 942. The third-order valence-electron chi connectivity index (χ3n) is 4.25. The topological polar surface area (TPSA) is 116 Å². The minimum atomic E-state index is -4.18. The van der Waals surface area contributed by atoms with Gasteiger partial charge in [0, 0.05) is 37.5 Å². The van der Waals surface area contributed by atoms with Crippen LogP contribution >= 0.6 is 0 Å². The van der Waals surface area contributed by atoms with Gasteiger partial charge in [0.2, 0.25) is 15.8 Å². The van der Waals surface area contributed by atoms with E-state index >= 15 is 0 Å². The molecular formula is C16H21FN4O5S. The molecule has 1 atom stereocenters. The van der Waals surface area contributed by atoms with E-state index in [-0.39, 0.29) is 18.4 Å². The van der Waals surface area contributed by atoms with Crippen molar-refractivity contribution < 1.29 is 22.5 Å². The van der Waals surface area contributed by atoms with Crippen molar-refractivity contribution in [2.75, 3.05) is 13.7 Å². The molecular weight excluding hydrogens is 379 g/mol. The van der Waals surface area contributed by atoms with Crippen LogP contribution in [0.1, 0.15) is 25.5 Å². The zero-order valence-electron chi connectivity index (χ0n) is 15.3. The van der Waals surface area contributed by atoms with E-state index < -0.39 is 37.1 Å². The molecule has 0 aliphatic rings. The van der Waals surface area contributed by atoms with Crippen molar-refractivity contribution in [1.29, 1.82) is 0 Å². The van der Waals surface area contributed by atoms with Gasteiger partial charge in [-0.05, 0) is 18.1 Å². The van der Waals surface area contributed by atoms with Crippen LogP contribution in [0, 0.1) is 21.8 Å². The highest BCUT2D eigenvalue weighted by Gasteiger charge is 2.28. The molecule has 1 unspecified atom stereocenters. The number of nitro groups is 1. The summed E-state index contributed by atoms with van der Waals surface area (Å²) in [5, 5.41) is 15.2. The fraction of sp³-hybridized carbons (Fsp3) is 0.438. The fourth-order valence-corrected chi connectivity index (χ4v) is 3.85. The summed E-state index contributed by atoms with van der Waals surface area (Å²) in [7, 11) is -1.36. The van der Waals surface area contributed by atoms with Gasteiger partial charge >= 0.3 is 5.69 Å². The van der Waals surface area contributed by atoms with Gasteiger partial charge in [-0.25, -0.2) is 17.5 Å². The van der Waals surface area contributed by atoms with Crippen molar-refractivity contribution in [3.8, 4) is 5.75 Å². The summed E-state index contributed by atoms with van der Waals surface area (Å²) in [4.78, 5) is 9.66. The van der Waals surface area contributed by atoms with E-state index in [2.05, 4.69) is 14.6 Å². The summed E-state index contributed by atoms with van der Waals surface area (Å²) in [5.74, 6) is -1.84. The van der Waals surface area contributed by atoms with Crippen LogP contribution in [0.4, 0.5) is 10.1 Å². The summed E-state index contributed by atoms with van der Waals surface area (Å²) in [5.41, 5.74) is 0.0736. The normalized spacial score (nSPS) is 13.0. The lowest BCUT2D eigenvalue weighted by Crippen LogP contribution is -2.31. The summed E-state index contributed by atoms with van der Waals surface area (Å²) >= 11 is 0. The Morgan fingerprint density at radius 3 is 2.56 bits per heavy atom. The van der Waals surface area contributed by atoms with E-state index in [4.69, 9.17) is 0 Å². The number of halogens is 1. The Balaban J connectivity index is 2.33. The number of aromatic nitrogens is 2. The Kier molecular flexibility index (Phi) is 6.16. The molecule has 0 saturated carbocycles. The van der Waals surface area contributed by atoms with E-state index in [1.54, 1.807) is 24.0 Å². The third kappa shape index (κ3) is 4.42. The van der Waals surface area contributed by atoms with E-state index in [1.165, 1.54) is 0 Å². The zero-order chi connectivity index (χ0) is 20.4. The summed E-state index contributed by atoms with van der Waals surface area (Å²) in [6.45, 7) is 3.90. The van der Waals surface area contributed by atoms with Crippen molar-refractivity contribution in [2.24, 2.45) is 13.0 Å². The first-order chi connectivity index (χ1) is 12.6. The smallest absolute Gasteiger partial charge is 0.315 e. The lowest BCUT2D eigenvalue weighted by atomic mass is 9.93. The molecule has 0 radical (unpaired) electrons. The second-order valence-electron chi connectivity index (χ2n) is 6.30. The zero-order valence-corrected chi connectivity index (χ0v) is 16.2. The number of rotatable bonds is 8. The molecule has 2 rings (SSSR count). The Morgan fingerprint density at radius 2 is 2.07 bits per heavy atom. The molecule has 0 bridgehead atoms. The standard InChI is InChI=1S/C16H21FN4O5S/c1-10(2)12(14-5-6-18-20(14)3)9-19-27(24,25)11-7-13(17)16(26-4)15(8-11)21(22)23/h5-8,10,12,19H,9H2,1-4H3. The molecule has 11 heteroatoms. The van der Waals surface area contributed by atoms with E-state index in [0.29, 0.717) is 6.07 Å². The molecule has 148 valence electrons. The minimum absolute atomic E-state index is 0.0287. The van der Waals surface area contributed by atoms with Crippen LogP contribution in [0.5, 0.6) is 5.75 Å². The van der Waals surface area contributed by atoms with Crippen molar-refractivity contribution in [2.45, 2.75) is 24.7 Å². The SMILES string of the molecule is COc1c(F)cc(S(=O)(=O)NCC(c2ccnn2C)C(C)C)cc1[N+](=O)[O-]. The van der Waals surface area contributed by atoms with Gasteiger partial charge in [0.25, 0.3) is 0 Å². The number of ether oxygens (including phenoxy) is 1. The second-order valence-corrected chi connectivity index (χ2v) is 8.06. The fourth-order valence-electron chi connectivity index (χ4n) is 2.76. The summed E-state index contributed by atoms with van der Waals surface area (Å²) < 4.78 is 47.9. The van der Waals surface area contributed by atoms with Crippen molar-refractivity contribution in [3.63, 3.8) is 0 Å². The maximum Gasteiger partial charge on any atom is 0.315 e. The van der Waals surface area contributed by atoms with Crippen LogP contribution in [0.3, 0.4) is 0 Å². The molecule has 9 nitrogen and oxygen atoms in total. The molecule has 0 aliphatic carbocycles. The second kappa shape index (κ2) is 8.01. The molecule has 1 heterocycles. The Morgan fingerprint density at radius 1 is 1.41 bits per heavy atom. The van der Waals surface area contributed by atoms with Gasteiger partial charge in [0.05, 0.1) is 16.9 Å². The molecule has 1 N–H and O–H groups in total. The molecule has 27 heavy (non-hydrogen) atoms. The number of aryl methyl sites for hydroxylation is 1. The van der Waals surface area contributed by atoms with Gasteiger partial charge in [0.15, 0.2) is 5.82 Å². The molecule has 0 amide bonds. The maximum atomic E-state index is 14.1. The van der Waals surface area contributed by atoms with Crippen molar-refractivity contribution >= 4 is 15.7 Å². The number of hydrogen-bond acceptors (Lipinski definition) is 6. The largest absolute Gasteiger partial charge is 0.488 e. The van der Waals surface area contributed by atoms with Gasteiger partial charge in [-0.15, -0.1) is 0 Å². The Labute approximate surface area is 156 Å². The first kappa shape index (κ1) is 20.8. The quantitative estimate of drug-likeness (QED) is 0.536. The van der Waals surface area contributed by atoms with Crippen molar-refractivity contribution in [3.05, 3.63) is 46.0 Å². The number of sulfonamides is 1. The van der Waals surface area contributed by atoms with Crippen LogP contribution in [0.2, 0.25) is 0 Å². The van der Waals surface area contributed by atoms with E-state index in [1.807, 2.05) is 13.8 Å². The lowest BCUT2D eigenvalue weighted by Gasteiger charge is -2.21. The van der Waals surface area contributed by atoms with Gasteiger partial charge in [-0.2, -0.15) is 5.10 Å². The number of methoxy groups -OCH3 is 1. The van der Waals surface area contributed by atoms with Crippen LogP contribution in [-0.2, 0) is 17.1 Å². The highest BCUT2D eigenvalue weighted by molar-refractivity contribution is 7.89. The number of nitro benzene ring substituents is 1. The molecule has 0 spiro atoms. The molecule has 0 aliphatic heterocycles. The highest BCUT2D eigenvalue weighted by Crippen LogP contribution is 2.33. The summed E-state index contributed by atoms with van der Waals surface area (Å²) in [6, 6.07) is 3.26. The molecule has 0 fully saturated rings. The van der Waals surface area contributed by atoms with Gasteiger partial charge in [-0.1, -0.05) is 13.8 Å². The monoisotopic (exact) mass is 400 g/mol. The number of benzene rings is 1. The molecule has 1 aromatic heterocycles.